The van der Waals surface area contributed by atoms with Crippen molar-refractivity contribution >= 4 is 32.5 Å². The minimum atomic E-state index is 0. The molecule has 3 unspecified atom stereocenters. The van der Waals surface area contributed by atoms with E-state index in [1.807, 2.05) is 0 Å². The molecule has 12 heavy (non-hydrogen) atoms. The summed E-state index contributed by atoms with van der Waals surface area (Å²) in [5.41, 5.74) is 0.327. The van der Waals surface area contributed by atoms with E-state index in [1.165, 1.54) is 12.8 Å². The summed E-state index contributed by atoms with van der Waals surface area (Å²) in [7, 11) is 2.69. The number of aldehydes is 1. The lowest BCUT2D eigenvalue weighted by Gasteiger charge is -2.26. The molecule has 0 aromatic rings. The summed E-state index contributed by atoms with van der Waals surface area (Å²) >= 11 is 0. The molecule has 1 rings (SSSR count). The number of ether oxygens (including phenoxy) is 1. The van der Waals surface area contributed by atoms with Crippen molar-refractivity contribution in [1.82, 2.24) is 0 Å². The van der Waals surface area contributed by atoms with E-state index in [9.17, 15) is 4.79 Å². The summed E-state index contributed by atoms with van der Waals surface area (Å²) < 4.78 is 5.51. The quantitative estimate of drug-likeness (QED) is 0.569. The predicted octanol–water partition coefficient (Wildman–Crippen LogP) is 1.97. The molecule has 0 aliphatic carbocycles. The third-order valence-corrected chi connectivity index (χ3v) is 2.76. The molecule has 72 valence electrons. The number of carbonyl (C=O) groups excluding carboxylic acids is 1. The Balaban J connectivity index is 0.00000121. The molecule has 0 aromatic heterocycles. The van der Waals surface area contributed by atoms with Crippen LogP contribution >= 0.6 is 26.2 Å². The van der Waals surface area contributed by atoms with E-state index in [2.05, 4.69) is 9.24 Å². The third kappa shape index (κ3) is 3.97. The van der Waals surface area contributed by atoms with Crippen LogP contribution in [-0.4, -0.2) is 24.7 Å². The predicted molar refractivity (Wildman–Crippen MR) is 58.1 cm³/mol. The van der Waals surface area contributed by atoms with Gasteiger partial charge in [0.1, 0.15) is 6.29 Å². The highest BCUT2D eigenvalue weighted by atomic mass is 79.9. The summed E-state index contributed by atoms with van der Waals surface area (Å²) in [6, 6.07) is 0. The molecule has 0 N–H and O–H groups in total. The molecule has 3 atom stereocenters. The van der Waals surface area contributed by atoms with Gasteiger partial charge in [0.05, 0.1) is 6.10 Å². The summed E-state index contributed by atoms with van der Waals surface area (Å²) in [5, 5.41) is 0. The van der Waals surface area contributed by atoms with Gasteiger partial charge in [0.25, 0.3) is 0 Å². The zero-order valence-electron chi connectivity index (χ0n) is 7.07. The van der Waals surface area contributed by atoms with Crippen LogP contribution in [0.2, 0.25) is 0 Å². The fourth-order valence-corrected chi connectivity index (χ4v) is 1.78. The maximum Gasteiger partial charge on any atom is 0.120 e. The smallest absolute Gasteiger partial charge is 0.120 e. The highest BCUT2D eigenvalue weighted by molar-refractivity contribution is 8.93. The molecular formula is C8H16BrO2P. The molecule has 0 aromatic carbocycles. The van der Waals surface area contributed by atoms with Crippen molar-refractivity contribution in [3.05, 3.63) is 0 Å². The molecule has 1 aliphatic rings. The Morgan fingerprint density at radius 3 is 2.83 bits per heavy atom. The Morgan fingerprint density at radius 2 is 2.33 bits per heavy atom. The molecule has 0 radical (unpaired) electrons. The first kappa shape index (κ1) is 12.5. The normalized spacial score (nSPS) is 25.6. The van der Waals surface area contributed by atoms with Crippen LogP contribution in [0.4, 0.5) is 0 Å². The molecule has 1 saturated heterocycles. The number of hydrogen-bond acceptors (Lipinski definition) is 2. The van der Waals surface area contributed by atoms with Crippen LogP contribution in [0.1, 0.15) is 25.7 Å². The van der Waals surface area contributed by atoms with Crippen molar-refractivity contribution in [2.24, 2.45) is 0 Å². The number of rotatable bonds is 3. The molecule has 0 bridgehead atoms. The molecule has 1 aliphatic heterocycles. The van der Waals surface area contributed by atoms with Crippen molar-refractivity contribution in [1.29, 1.82) is 0 Å². The minimum absolute atomic E-state index is 0. The van der Waals surface area contributed by atoms with Gasteiger partial charge in [-0.25, -0.2) is 0 Å². The molecule has 2 nitrogen and oxygen atoms in total. The Kier molecular flexibility index (Phi) is 7.31. The van der Waals surface area contributed by atoms with Gasteiger partial charge >= 0.3 is 0 Å². The number of carbonyl (C=O) groups is 1. The number of halogens is 1. The van der Waals surface area contributed by atoms with E-state index >= 15 is 0 Å². The summed E-state index contributed by atoms with van der Waals surface area (Å²) in [5.74, 6) is 0. The average molecular weight is 255 g/mol. The van der Waals surface area contributed by atoms with Gasteiger partial charge in [0.2, 0.25) is 0 Å². The highest BCUT2D eigenvalue weighted by Crippen LogP contribution is 2.22. The van der Waals surface area contributed by atoms with Gasteiger partial charge in [-0.3, -0.25) is 0 Å². The van der Waals surface area contributed by atoms with E-state index in [-0.39, 0.29) is 17.0 Å². The Hall–Kier alpha value is 0.540. The third-order valence-electron chi connectivity index (χ3n) is 2.06. The van der Waals surface area contributed by atoms with E-state index in [0.29, 0.717) is 18.2 Å². The van der Waals surface area contributed by atoms with E-state index in [1.54, 1.807) is 0 Å². The second-order valence-electron chi connectivity index (χ2n) is 2.97. The lowest BCUT2D eigenvalue weighted by atomic mass is 10.0. The maximum atomic E-state index is 10.2. The van der Waals surface area contributed by atoms with Crippen LogP contribution in [0.25, 0.3) is 0 Å². The molecule has 1 heterocycles. The molecule has 0 spiro atoms. The van der Waals surface area contributed by atoms with Gasteiger partial charge in [-0.2, -0.15) is 0 Å². The van der Waals surface area contributed by atoms with Crippen molar-refractivity contribution in [3.63, 3.8) is 0 Å². The Labute approximate surface area is 86.4 Å². The van der Waals surface area contributed by atoms with Gasteiger partial charge in [0.15, 0.2) is 0 Å². The van der Waals surface area contributed by atoms with Crippen LogP contribution in [0.3, 0.4) is 0 Å². The summed E-state index contributed by atoms with van der Waals surface area (Å²) in [6.07, 6.45) is 5.41. The second kappa shape index (κ2) is 6.99. The lowest BCUT2D eigenvalue weighted by Crippen LogP contribution is -2.28. The van der Waals surface area contributed by atoms with Crippen LogP contribution in [0, 0.1) is 0 Å². The Morgan fingerprint density at radius 1 is 1.58 bits per heavy atom. The topological polar surface area (TPSA) is 26.3 Å². The standard InChI is InChI=1S/C8H15O2P.BrH/c9-5-4-8(11)7-3-1-2-6-10-7;/h5,7-8H,1-4,6,11H2;1H. The highest BCUT2D eigenvalue weighted by Gasteiger charge is 2.19. The SMILES string of the molecule is Br.O=CCC(P)C1CCCCO1. The van der Waals surface area contributed by atoms with Crippen LogP contribution in [0.5, 0.6) is 0 Å². The largest absolute Gasteiger partial charge is 0.378 e. The van der Waals surface area contributed by atoms with Crippen LogP contribution < -0.4 is 0 Å². The summed E-state index contributed by atoms with van der Waals surface area (Å²) in [4.78, 5) is 10.2. The van der Waals surface area contributed by atoms with Crippen molar-refractivity contribution in [3.8, 4) is 0 Å². The lowest BCUT2D eigenvalue weighted by molar-refractivity contribution is -0.108. The van der Waals surface area contributed by atoms with E-state index < -0.39 is 0 Å². The van der Waals surface area contributed by atoms with E-state index in [0.717, 1.165) is 19.3 Å². The van der Waals surface area contributed by atoms with Crippen molar-refractivity contribution in [2.75, 3.05) is 6.61 Å². The van der Waals surface area contributed by atoms with Crippen LogP contribution in [0.15, 0.2) is 0 Å². The fraction of sp³-hybridized carbons (Fsp3) is 0.875. The Bertz CT molecular complexity index is 126. The molecular weight excluding hydrogens is 239 g/mol. The zero-order valence-corrected chi connectivity index (χ0v) is 9.94. The van der Waals surface area contributed by atoms with Crippen LogP contribution in [-0.2, 0) is 9.53 Å². The molecule has 4 heteroatoms. The van der Waals surface area contributed by atoms with Crippen molar-refractivity contribution in [2.45, 2.75) is 37.4 Å². The molecule has 1 fully saturated rings. The minimum Gasteiger partial charge on any atom is -0.378 e. The first-order chi connectivity index (χ1) is 5.34. The summed E-state index contributed by atoms with van der Waals surface area (Å²) in [6.45, 7) is 0.869. The fourth-order valence-electron chi connectivity index (χ4n) is 1.37. The van der Waals surface area contributed by atoms with Gasteiger partial charge in [-0.05, 0) is 19.3 Å². The van der Waals surface area contributed by atoms with Gasteiger partial charge in [-0.15, -0.1) is 26.2 Å². The first-order valence-corrected chi connectivity index (χ1v) is 4.82. The molecule has 0 amide bonds. The first-order valence-electron chi connectivity index (χ1n) is 4.15. The van der Waals surface area contributed by atoms with E-state index in [4.69, 9.17) is 4.74 Å². The van der Waals surface area contributed by atoms with Gasteiger partial charge < -0.3 is 9.53 Å². The second-order valence-corrected chi connectivity index (χ2v) is 3.83. The van der Waals surface area contributed by atoms with Gasteiger partial charge in [0, 0.05) is 18.7 Å². The van der Waals surface area contributed by atoms with Crippen molar-refractivity contribution < 1.29 is 9.53 Å². The monoisotopic (exact) mass is 254 g/mol. The van der Waals surface area contributed by atoms with Gasteiger partial charge in [-0.1, -0.05) is 0 Å². The molecule has 0 saturated carbocycles. The number of hydrogen-bond donors (Lipinski definition) is 0. The zero-order chi connectivity index (χ0) is 8.10. The maximum absolute atomic E-state index is 10.2. The average Bonchev–Trinajstić information content (AvgIpc) is 2.07.